The van der Waals surface area contributed by atoms with Crippen molar-refractivity contribution in [3.63, 3.8) is 0 Å². The summed E-state index contributed by atoms with van der Waals surface area (Å²) < 4.78 is 40.3. The molecule has 1 unspecified atom stereocenters. The molecule has 1 aromatic rings. The summed E-state index contributed by atoms with van der Waals surface area (Å²) in [7, 11) is 0. The van der Waals surface area contributed by atoms with Crippen LogP contribution < -0.4 is 10.1 Å². The summed E-state index contributed by atoms with van der Waals surface area (Å²) in [6.45, 7) is 4.73. The quantitative estimate of drug-likeness (QED) is 0.727. The lowest BCUT2D eigenvalue weighted by molar-refractivity contribution is -0.274. The van der Waals surface area contributed by atoms with Crippen LogP contribution in [-0.4, -0.2) is 23.9 Å². The monoisotopic (exact) mass is 307 g/mol. The van der Waals surface area contributed by atoms with Gasteiger partial charge in [-0.15, -0.1) is 13.2 Å². The van der Waals surface area contributed by atoms with Crippen LogP contribution in [0.4, 0.5) is 13.2 Å². The van der Waals surface area contributed by atoms with E-state index in [1.54, 1.807) is 12.1 Å². The molecule has 2 nitrogen and oxygen atoms in total. The molecule has 0 saturated heterocycles. The third kappa shape index (κ3) is 7.65. The maximum absolute atomic E-state index is 12.1. The Kier molecular flexibility index (Phi) is 7.23. The average Bonchev–Trinajstić information content (AvgIpc) is 2.35. The van der Waals surface area contributed by atoms with Gasteiger partial charge in [-0.1, -0.05) is 19.1 Å². The molecule has 114 valence electrons. The molecule has 1 aromatic carbocycles. The van der Waals surface area contributed by atoms with E-state index in [0.29, 0.717) is 12.6 Å². The molecule has 0 aliphatic heterocycles. The Balaban J connectivity index is 2.42. The summed E-state index contributed by atoms with van der Waals surface area (Å²) in [6, 6.07) is 6.40. The Labute approximate surface area is 122 Å². The van der Waals surface area contributed by atoms with Crippen LogP contribution in [0.25, 0.3) is 0 Å². The Hall–Kier alpha value is -0.880. The summed E-state index contributed by atoms with van der Waals surface area (Å²) in [6.07, 6.45) is -3.60. The largest absolute Gasteiger partial charge is 0.573 e. The average molecular weight is 307 g/mol. The summed E-state index contributed by atoms with van der Waals surface area (Å²) in [5.74, 6) is 2.01. The Bertz CT molecular complexity index is 398. The van der Waals surface area contributed by atoms with Crippen LogP contribution >= 0.6 is 11.8 Å². The molecule has 1 N–H and O–H groups in total. The van der Waals surface area contributed by atoms with E-state index in [-0.39, 0.29) is 5.75 Å². The number of ether oxygens (including phenoxy) is 1. The third-order valence-corrected chi connectivity index (χ3v) is 3.62. The van der Waals surface area contributed by atoms with Gasteiger partial charge in [0.2, 0.25) is 0 Å². The zero-order chi connectivity index (χ0) is 15.0. The van der Waals surface area contributed by atoms with Crippen LogP contribution in [0.3, 0.4) is 0 Å². The predicted molar refractivity (Wildman–Crippen MR) is 77.0 cm³/mol. The van der Waals surface area contributed by atoms with E-state index < -0.39 is 6.36 Å². The second-order valence-electron chi connectivity index (χ2n) is 4.46. The molecule has 0 heterocycles. The molecule has 0 saturated carbocycles. The minimum atomic E-state index is -4.64. The third-order valence-electron chi connectivity index (χ3n) is 2.69. The van der Waals surface area contributed by atoms with E-state index in [2.05, 4.69) is 23.9 Å². The minimum Gasteiger partial charge on any atom is -0.406 e. The van der Waals surface area contributed by atoms with Crippen molar-refractivity contribution in [2.45, 2.75) is 39.2 Å². The van der Waals surface area contributed by atoms with Gasteiger partial charge in [0.05, 0.1) is 0 Å². The lowest BCUT2D eigenvalue weighted by atomic mass is 10.2. The molecule has 0 aliphatic rings. The van der Waals surface area contributed by atoms with E-state index in [9.17, 15) is 13.2 Å². The number of alkyl halides is 3. The molecule has 6 heteroatoms. The molecular formula is C14H20F3NOS. The topological polar surface area (TPSA) is 21.3 Å². The molecule has 0 amide bonds. The van der Waals surface area contributed by atoms with E-state index in [1.165, 1.54) is 12.1 Å². The van der Waals surface area contributed by atoms with Crippen molar-refractivity contribution in [3.8, 4) is 5.75 Å². The first kappa shape index (κ1) is 17.2. The number of halogens is 3. The van der Waals surface area contributed by atoms with Crippen molar-refractivity contribution in [2.75, 3.05) is 11.5 Å². The second-order valence-corrected chi connectivity index (χ2v) is 5.86. The van der Waals surface area contributed by atoms with E-state index in [1.807, 2.05) is 11.8 Å². The number of hydrogen-bond donors (Lipinski definition) is 1. The van der Waals surface area contributed by atoms with Crippen LogP contribution in [0.1, 0.15) is 25.8 Å². The summed E-state index contributed by atoms with van der Waals surface area (Å²) in [5, 5.41) is 3.30. The van der Waals surface area contributed by atoms with Gasteiger partial charge in [-0.2, -0.15) is 11.8 Å². The van der Waals surface area contributed by atoms with Crippen molar-refractivity contribution in [1.29, 1.82) is 0 Å². The fourth-order valence-corrected chi connectivity index (χ4v) is 2.46. The summed E-state index contributed by atoms with van der Waals surface area (Å²) in [4.78, 5) is 0. The number of thioether (sulfide) groups is 1. The molecular weight excluding hydrogens is 287 g/mol. The molecule has 0 radical (unpaired) electrons. The van der Waals surface area contributed by atoms with Crippen molar-refractivity contribution in [3.05, 3.63) is 29.8 Å². The fourth-order valence-electron chi connectivity index (χ4n) is 1.65. The van der Waals surface area contributed by atoms with Crippen LogP contribution in [0.15, 0.2) is 24.3 Å². The Morgan fingerprint density at radius 1 is 1.35 bits per heavy atom. The van der Waals surface area contributed by atoms with Gasteiger partial charge in [-0.25, -0.2) is 0 Å². The Morgan fingerprint density at radius 3 is 2.75 bits per heavy atom. The van der Waals surface area contributed by atoms with Crippen molar-refractivity contribution in [2.24, 2.45) is 0 Å². The van der Waals surface area contributed by atoms with Gasteiger partial charge < -0.3 is 10.1 Å². The van der Waals surface area contributed by atoms with E-state index >= 15 is 0 Å². The van der Waals surface area contributed by atoms with E-state index in [4.69, 9.17) is 0 Å². The molecule has 20 heavy (non-hydrogen) atoms. The Morgan fingerprint density at radius 2 is 2.10 bits per heavy atom. The van der Waals surface area contributed by atoms with Crippen LogP contribution in [-0.2, 0) is 6.54 Å². The summed E-state index contributed by atoms with van der Waals surface area (Å²) >= 11 is 1.88. The molecule has 0 bridgehead atoms. The molecule has 0 fully saturated rings. The smallest absolute Gasteiger partial charge is 0.406 e. The normalized spacial score (nSPS) is 13.2. The highest BCUT2D eigenvalue weighted by Crippen LogP contribution is 2.23. The van der Waals surface area contributed by atoms with Crippen LogP contribution in [0, 0.1) is 0 Å². The lowest BCUT2D eigenvalue weighted by Crippen LogP contribution is -2.26. The van der Waals surface area contributed by atoms with Crippen LogP contribution in [0.2, 0.25) is 0 Å². The van der Waals surface area contributed by atoms with Gasteiger partial charge in [-0.3, -0.25) is 0 Å². The van der Waals surface area contributed by atoms with Gasteiger partial charge in [0.15, 0.2) is 0 Å². The van der Waals surface area contributed by atoms with Gasteiger partial charge in [0, 0.05) is 12.6 Å². The maximum Gasteiger partial charge on any atom is 0.573 e. The van der Waals surface area contributed by atoms with Crippen molar-refractivity contribution >= 4 is 11.8 Å². The minimum absolute atomic E-state index is 0.175. The zero-order valence-corrected chi connectivity index (χ0v) is 12.5. The standard InChI is InChI=1S/C14H20F3NOS/c1-3-20-8-7-11(2)18-10-12-5-4-6-13(9-12)19-14(15,16)17/h4-6,9,11,18H,3,7-8,10H2,1-2H3. The number of hydrogen-bond acceptors (Lipinski definition) is 3. The highest BCUT2D eigenvalue weighted by Gasteiger charge is 2.31. The highest BCUT2D eigenvalue weighted by atomic mass is 32.2. The van der Waals surface area contributed by atoms with Gasteiger partial charge >= 0.3 is 6.36 Å². The number of rotatable bonds is 8. The van der Waals surface area contributed by atoms with Crippen molar-refractivity contribution in [1.82, 2.24) is 5.32 Å². The maximum atomic E-state index is 12.1. The van der Waals surface area contributed by atoms with Gasteiger partial charge in [0.25, 0.3) is 0 Å². The molecule has 1 rings (SSSR count). The first-order valence-corrected chi connectivity index (χ1v) is 7.72. The molecule has 0 spiro atoms. The molecule has 0 aliphatic carbocycles. The summed E-state index contributed by atoms with van der Waals surface area (Å²) in [5.41, 5.74) is 0.779. The highest BCUT2D eigenvalue weighted by molar-refractivity contribution is 7.99. The van der Waals surface area contributed by atoms with Gasteiger partial charge in [-0.05, 0) is 42.5 Å². The zero-order valence-electron chi connectivity index (χ0n) is 11.7. The number of nitrogens with one attached hydrogen (secondary N) is 1. The molecule has 0 aromatic heterocycles. The number of benzene rings is 1. The SMILES string of the molecule is CCSCCC(C)NCc1cccc(OC(F)(F)F)c1. The first-order chi connectivity index (χ1) is 9.40. The van der Waals surface area contributed by atoms with E-state index in [0.717, 1.165) is 23.5 Å². The second kappa shape index (κ2) is 8.42. The molecule has 1 atom stereocenters. The van der Waals surface area contributed by atoms with Crippen molar-refractivity contribution < 1.29 is 17.9 Å². The van der Waals surface area contributed by atoms with Crippen LogP contribution in [0.5, 0.6) is 5.75 Å². The fraction of sp³-hybridized carbons (Fsp3) is 0.571. The predicted octanol–water partition coefficient (Wildman–Crippen LogP) is 4.21. The lowest BCUT2D eigenvalue weighted by Gasteiger charge is -2.14. The first-order valence-electron chi connectivity index (χ1n) is 6.56. The van der Waals surface area contributed by atoms with Gasteiger partial charge in [0.1, 0.15) is 5.75 Å².